The van der Waals surface area contributed by atoms with Crippen LogP contribution in [-0.2, 0) is 4.79 Å². The van der Waals surface area contributed by atoms with E-state index in [0.29, 0.717) is 21.7 Å². The molecule has 1 N–H and O–H groups in total. The molecule has 0 saturated heterocycles. The first kappa shape index (κ1) is 24.9. The van der Waals surface area contributed by atoms with Crippen molar-refractivity contribution in [2.75, 3.05) is 25.2 Å². The van der Waals surface area contributed by atoms with Gasteiger partial charge in [-0.05, 0) is 69.6 Å². The molecule has 1 unspecified atom stereocenters. The van der Waals surface area contributed by atoms with Gasteiger partial charge in [-0.3, -0.25) is 14.3 Å². The number of rotatable bonds is 8. The van der Waals surface area contributed by atoms with Gasteiger partial charge in [0, 0.05) is 16.4 Å². The molecule has 0 saturated carbocycles. The van der Waals surface area contributed by atoms with E-state index in [0.717, 1.165) is 17.8 Å². The van der Waals surface area contributed by atoms with Gasteiger partial charge in [0.1, 0.15) is 5.75 Å². The summed E-state index contributed by atoms with van der Waals surface area (Å²) in [6, 6.07) is 12.1. The summed E-state index contributed by atoms with van der Waals surface area (Å²) < 4.78 is 42.5. The van der Waals surface area contributed by atoms with Gasteiger partial charge in [0.2, 0.25) is 5.91 Å². The minimum atomic E-state index is -4.77. The Labute approximate surface area is 197 Å². The topological polar surface area (TPSA) is 72.3 Å². The molecule has 0 aliphatic heterocycles. The van der Waals surface area contributed by atoms with Gasteiger partial charge in [0.05, 0.1) is 11.8 Å². The highest BCUT2D eigenvalue weighted by Crippen LogP contribution is 2.28. The second-order valence-corrected chi connectivity index (χ2v) is 8.58. The number of aromatic nitrogens is 3. The number of carbonyl (C=O) groups is 1. The lowest BCUT2D eigenvalue weighted by molar-refractivity contribution is -0.274. The normalized spacial score (nSPS) is 12.6. The molecule has 1 heterocycles. The van der Waals surface area contributed by atoms with E-state index in [4.69, 9.17) is 11.6 Å². The molecule has 12 heteroatoms. The Balaban J connectivity index is 1.71. The number of benzene rings is 2. The van der Waals surface area contributed by atoms with E-state index in [9.17, 15) is 18.0 Å². The maximum atomic E-state index is 12.4. The second kappa shape index (κ2) is 10.4. The van der Waals surface area contributed by atoms with Crippen LogP contribution in [0.25, 0.3) is 5.69 Å². The number of amides is 1. The average Bonchev–Trinajstić information content (AvgIpc) is 3.16. The Kier molecular flexibility index (Phi) is 7.88. The number of hydrogen-bond acceptors (Lipinski definition) is 6. The first-order chi connectivity index (χ1) is 15.5. The molecule has 176 valence electrons. The molecule has 33 heavy (non-hydrogen) atoms. The van der Waals surface area contributed by atoms with Crippen LogP contribution in [-0.4, -0.2) is 51.8 Å². The number of alkyl halides is 3. The largest absolute Gasteiger partial charge is 0.573 e. The smallest absolute Gasteiger partial charge is 0.406 e. The van der Waals surface area contributed by atoms with Crippen LogP contribution in [0.4, 0.5) is 18.9 Å². The molecule has 0 spiro atoms. The average molecular weight is 500 g/mol. The molecule has 3 rings (SSSR count). The van der Waals surface area contributed by atoms with Crippen molar-refractivity contribution in [2.24, 2.45) is 0 Å². The Bertz CT molecular complexity index is 1090. The van der Waals surface area contributed by atoms with Gasteiger partial charge in [-0.1, -0.05) is 23.4 Å². The Morgan fingerprint density at radius 1 is 1.15 bits per heavy atom. The summed E-state index contributed by atoms with van der Waals surface area (Å²) in [7, 11) is 3.85. The van der Waals surface area contributed by atoms with Crippen LogP contribution in [0.3, 0.4) is 0 Å². The highest BCUT2D eigenvalue weighted by atomic mass is 35.5. The minimum absolute atomic E-state index is 0.0167. The molecule has 0 radical (unpaired) electrons. The molecule has 1 aromatic heterocycles. The van der Waals surface area contributed by atoms with Crippen molar-refractivity contribution in [3.05, 3.63) is 59.4 Å². The third-order valence-corrected chi connectivity index (χ3v) is 5.78. The van der Waals surface area contributed by atoms with Crippen LogP contribution in [0.5, 0.6) is 5.75 Å². The lowest BCUT2D eigenvalue weighted by Crippen LogP contribution is -2.21. The van der Waals surface area contributed by atoms with Crippen LogP contribution in [0.15, 0.2) is 53.7 Å². The molecule has 0 aliphatic rings. The van der Waals surface area contributed by atoms with E-state index in [1.165, 1.54) is 23.9 Å². The maximum Gasteiger partial charge on any atom is 0.573 e. The summed E-state index contributed by atoms with van der Waals surface area (Å²) in [4.78, 5) is 14.4. The van der Waals surface area contributed by atoms with Crippen molar-refractivity contribution >= 4 is 35.0 Å². The second-order valence-electron chi connectivity index (χ2n) is 7.20. The molecule has 3 aromatic rings. The number of anilines is 1. The SMILES string of the molecule is CC(c1nnc(SCC(=O)Nc2ccc(OC(F)(F)F)cc2)n1-c1ccc(Cl)cc1)N(C)C. The first-order valence-electron chi connectivity index (χ1n) is 9.69. The fraction of sp³-hybridized carbons (Fsp3) is 0.286. The zero-order valence-electron chi connectivity index (χ0n) is 17.9. The molecule has 0 bridgehead atoms. The number of hydrogen-bond donors (Lipinski definition) is 1. The van der Waals surface area contributed by atoms with Crippen LogP contribution in [0, 0.1) is 0 Å². The predicted molar refractivity (Wildman–Crippen MR) is 121 cm³/mol. The standard InChI is InChI=1S/C21H21ClF3N5O2S/c1-13(29(2)3)19-27-28-20(30(19)16-8-4-14(22)5-9-16)33-12-18(31)26-15-6-10-17(11-7-15)32-21(23,24)25/h4-11,13H,12H2,1-3H3,(H,26,31). The molecular weight excluding hydrogens is 479 g/mol. The summed E-state index contributed by atoms with van der Waals surface area (Å²) in [5, 5.41) is 12.3. The predicted octanol–water partition coefficient (Wildman–Crippen LogP) is 5.17. The summed E-state index contributed by atoms with van der Waals surface area (Å²) >= 11 is 7.20. The van der Waals surface area contributed by atoms with Crippen LogP contribution >= 0.6 is 23.4 Å². The van der Waals surface area contributed by atoms with E-state index in [2.05, 4.69) is 20.3 Å². The fourth-order valence-corrected chi connectivity index (χ4v) is 3.66. The van der Waals surface area contributed by atoms with Gasteiger partial charge >= 0.3 is 6.36 Å². The molecule has 2 aromatic carbocycles. The van der Waals surface area contributed by atoms with Gasteiger partial charge in [-0.25, -0.2) is 0 Å². The van der Waals surface area contributed by atoms with Crippen LogP contribution in [0.2, 0.25) is 5.02 Å². The van der Waals surface area contributed by atoms with E-state index in [-0.39, 0.29) is 23.5 Å². The number of halogens is 4. The monoisotopic (exact) mass is 499 g/mol. The van der Waals surface area contributed by atoms with Crippen molar-refractivity contribution in [1.29, 1.82) is 0 Å². The van der Waals surface area contributed by atoms with Crippen LogP contribution in [0.1, 0.15) is 18.8 Å². The third kappa shape index (κ3) is 6.86. The lowest BCUT2D eigenvalue weighted by Gasteiger charge is -2.20. The van der Waals surface area contributed by atoms with Crippen molar-refractivity contribution < 1.29 is 22.7 Å². The molecule has 1 amide bonds. The van der Waals surface area contributed by atoms with Crippen molar-refractivity contribution in [1.82, 2.24) is 19.7 Å². The van der Waals surface area contributed by atoms with Gasteiger partial charge < -0.3 is 10.1 Å². The van der Waals surface area contributed by atoms with E-state index in [1.54, 1.807) is 12.1 Å². The number of carbonyl (C=O) groups excluding carboxylic acids is 1. The third-order valence-electron chi connectivity index (χ3n) is 4.60. The Hall–Kier alpha value is -2.76. The highest BCUT2D eigenvalue weighted by Gasteiger charge is 2.31. The quantitative estimate of drug-likeness (QED) is 0.431. The van der Waals surface area contributed by atoms with Crippen molar-refractivity contribution in [3.8, 4) is 11.4 Å². The summed E-state index contributed by atoms with van der Waals surface area (Å²) in [5.41, 5.74) is 1.15. The first-order valence-corrected chi connectivity index (χ1v) is 11.1. The minimum Gasteiger partial charge on any atom is -0.406 e. The van der Waals surface area contributed by atoms with Gasteiger partial charge in [-0.2, -0.15) is 0 Å². The molecule has 0 fully saturated rings. The molecular formula is C21H21ClF3N5O2S. The van der Waals surface area contributed by atoms with Gasteiger partial charge in [-0.15, -0.1) is 23.4 Å². The number of thioether (sulfide) groups is 1. The molecule has 7 nitrogen and oxygen atoms in total. The van der Waals surface area contributed by atoms with Gasteiger partial charge in [0.25, 0.3) is 0 Å². The summed E-state index contributed by atoms with van der Waals surface area (Å²) in [6.45, 7) is 1.99. The van der Waals surface area contributed by atoms with E-state index in [1.807, 2.05) is 42.6 Å². The van der Waals surface area contributed by atoms with E-state index < -0.39 is 6.36 Å². The molecule has 1 atom stereocenters. The summed E-state index contributed by atoms with van der Waals surface area (Å²) in [6.07, 6.45) is -4.77. The lowest BCUT2D eigenvalue weighted by atomic mass is 10.2. The fourth-order valence-electron chi connectivity index (χ4n) is 2.78. The Morgan fingerprint density at radius 3 is 2.36 bits per heavy atom. The van der Waals surface area contributed by atoms with Crippen LogP contribution < -0.4 is 10.1 Å². The number of nitrogens with zero attached hydrogens (tertiary/aromatic N) is 4. The highest BCUT2D eigenvalue weighted by molar-refractivity contribution is 7.99. The van der Waals surface area contributed by atoms with Crippen molar-refractivity contribution in [2.45, 2.75) is 24.5 Å². The van der Waals surface area contributed by atoms with Gasteiger partial charge in [0.15, 0.2) is 11.0 Å². The summed E-state index contributed by atoms with van der Waals surface area (Å²) in [5.74, 6) is -0.000560. The van der Waals surface area contributed by atoms with Crippen molar-refractivity contribution in [3.63, 3.8) is 0 Å². The molecule has 0 aliphatic carbocycles. The number of ether oxygens (including phenoxy) is 1. The zero-order chi connectivity index (χ0) is 24.2. The maximum absolute atomic E-state index is 12.4. The zero-order valence-corrected chi connectivity index (χ0v) is 19.5. The van der Waals surface area contributed by atoms with E-state index >= 15 is 0 Å². The Morgan fingerprint density at radius 2 is 1.79 bits per heavy atom. The number of nitrogens with one attached hydrogen (secondary N) is 1.